The quantitative estimate of drug-likeness (QED) is 0.598. The summed E-state index contributed by atoms with van der Waals surface area (Å²) in [5.74, 6) is 0.0123. The molecule has 0 aromatic rings. The van der Waals surface area contributed by atoms with Crippen molar-refractivity contribution in [3.63, 3.8) is 0 Å². The second-order valence-corrected chi connectivity index (χ2v) is 10.3. The first-order valence-electron chi connectivity index (χ1n) is 10.2. The topological polar surface area (TPSA) is 85.4 Å². The zero-order valence-electron chi connectivity index (χ0n) is 16.8. The van der Waals surface area contributed by atoms with E-state index in [4.69, 9.17) is 14.2 Å². The number of ether oxygens (including phenoxy) is 3. The van der Waals surface area contributed by atoms with Crippen LogP contribution < -0.4 is 0 Å². The van der Waals surface area contributed by atoms with Crippen molar-refractivity contribution in [2.24, 2.45) is 34.0 Å². The van der Waals surface area contributed by atoms with Gasteiger partial charge in [0.25, 0.3) is 0 Å². The summed E-state index contributed by atoms with van der Waals surface area (Å²) in [5, 5.41) is 11.4. The maximum atomic E-state index is 12.0. The van der Waals surface area contributed by atoms with Crippen molar-refractivity contribution in [2.75, 3.05) is 6.61 Å². The zero-order valence-corrected chi connectivity index (χ0v) is 16.8. The van der Waals surface area contributed by atoms with Crippen LogP contribution in [0.25, 0.3) is 0 Å². The monoisotopic (exact) mass is 378 g/mol. The number of esters is 2. The molecule has 5 aliphatic rings. The Morgan fingerprint density at radius 3 is 2.37 bits per heavy atom. The second-order valence-electron chi connectivity index (χ2n) is 10.3. The normalized spacial score (nSPS) is 55.6. The molecule has 4 aliphatic carbocycles. The molecule has 0 aromatic carbocycles. The molecule has 1 saturated heterocycles. The predicted octanol–water partition coefficient (Wildman–Crippen LogP) is 2.07. The van der Waals surface area contributed by atoms with Crippen molar-refractivity contribution in [1.82, 2.24) is 0 Å². The summed E-state index contributed by atoms with van der Waals surface area (Å²) in [7, 11) is 0. The molecule has 5 rings (SSSR count). The lowest BCUT2D eigenvalue weighted by Crippen LogP contribution is -2.50. The van der Waals surface area contributed by atoms with Gasteiger partial charge in [0.2, 0.25) is 0 Å². The molecule has 1 N–H and O–H groups in total. The van der Waals surface area contributed by atoms with E-state index in [2.05, 4.69) is 13.8 Å². The number of carbonyl (C=O) groups excluding carboxylic acids is 2. The number of aliphatic hydroxyl groups is 1. The fourth-order valence-electron chi connectivity index (χ4n) is 7.59. The highest BCUT2D eigenvalue weighted by Gasteiger charge is 2.89. The van der Waals surface area contributed by atoms with Crippen molar-refractivity contribution in [3.8, 4) is 0 Å². The van der Waals surface area contributed by atoms with Gasteiger partial charge in [-0.3, -0.25) is 9.59 Å². The Kier molecular flexibility index (Phi) is 3.24. The Labute approximate surface area is 159 Å². The predicted molar refractivity (Wildman–Crippen MR) is 94.4 cm³/mol. The first-order valence-corrected chi connectivity index (χ1v) is 10.2. The highest BCUT2D eigenvalue weighted by Crippen LogP contribution is 2.85. The number of rotatable bonds is 3. The highest BCUT2D eigenvalue weighted by molar-refractivity contribution is 5.67. The van der Waals surface area contributed by atoms with E-state index in [0.29, 0.717) is 0 Å². The molecular weight excluding hydrogens is 348 g/mol. The van der Waals surface area contributed by atoms with Gasteiger partial charge in [-0.15, -0.1) is 0 Å². The fourth-order valence-corrected chi connectivity index (χ4v) is 7.59. The van der Waals surface area contributed by atoms with E-state index in [1.54, 1.807) is 0 Å². The van der Waals surface area contributed by atoms with Crippen molar-refractivity contribution in [1.29, 1.82) is 0 Å². The molecular formula is C21H30O6. The molecule has 1 aliphatic heterocycles. The van der Waals surface area contributed by atoms with Gasteiger partial charge in [0.15, 0.2) is 0 Å². The molecule has 150 valence electrons. The minimum absolute atomic E-state index is 0.0159. The number of hydrogen-bond acceptors (Lipinski definition) is 6. The lowest BCUT2D eigenvalue weighted by Gasteiger charge is -2.43. The maximum absolute atomic E-state index is 12.0. The van der Waals surface area contributed by atoms with Crippen LogP contribution in [0, 0.1) is 34.0 Å². The average molecular weight is 378 g/mol. The van der Waals surface area contributed by atoms with Crippen molar-refractivity contribution in [2.45, 2.75) is 77.8 Å². The number of fused-ring (bicyclic) bond motifs is 1. The standard InChI is InChI=1S/C21H30O6/c1-10-14-15(26-12(3)23)18(4,9-25-11(2)22)13-8-21(13,14)17-16(27-17)19(5,24)20(10)6-7-20/h10,13-17,24H,6-9H2,1-5H3/t10?,13-,14?,15-,16?,17?,18-,19+,21+/m1/s1. The fraction of sp³-hybridized carbons (Fsp3) is 0.905. The molecule has 9 atom stereocenters. The van der Waals surface area contributed by atoms with Crippen LogP contribution in [0.1, 0.15) is 53.9 Å². The van der Waals surface area contributed by atoms with Crippen LogP contribution in [0.3, 0.4) is 0 Å². The van der Waals surface area contributed by atoms with Crippen molar-refractivity contribution >= 4 is 11.9 Å². The van der Waals surface area contributed by atoms with Gasteiger partial charge < -0.3 is 19.3 Å². The van der Waals surface area contributed by atoms with Gasteiger partial charge in [0, 0.05) is 36.0 Å². The average Bonchev–Trinajstić information content (AvgIpc) is 3.42. The van der Waals surface area contributed by atoms with Gasteiger partial charge in [0.1, 0.15) is 18.8 Å². The Bertz CT molecular complexity index is 726. The molecule has 5 fully saturated rings. The van der Waals surface area contributed by atoms with Gasteiger partial charge in [0.05, 0.1) is 11.7 Å². The van der Waals surface area contributed by atoms with Gasteiger partial charge >= 0.3 is 11.9 Å². The third kappa shape index (κ3) is 1.94. The van der Waals surface area contributed by atoms with Crippen molar-refractivity contribution < 1.29 is 28.9 Å². The molecule has 0 aromatic heterocycles. The summed E-state index contributed by atoms with van der Waals surface area (Å²) >= 11 is 0. The van der Waals surface area contributed by atoms with E-state index >= 15 is 0 Å². The summed E-state index contributed by atoms with van der Waals surface area (Å²) in [5.41, 5.74) is -1.49. The van der Waals surface area contributed by atoms with Crippen LogP contribution in [0.2, 0.25) is 0 Å². The van der Waals surface area contributed by atoms with Gasteiger partial charge in [-0.1, -0.05) is 13.8 Å². The smallest absolute Gasteiger partial charge is 0.302 e. The van der Waals surface area contributed by atoms with Crippen LogP contribution in [0.4, 0.5) is 0 Å². The number of carbonyl (C=O) groups is 2. The summed E-state index contributed by atoms with van der Waals surface area (Å²) in [6.07, 6.45) is 2.52. The van der Waals surface area contributed by atoms with E-state index in [9.17, 15) is 14.7 Å². The molecule has 4 saturated carbocycles. The number of hydrogen-bond donors (Lipinski definition) is 1. The SMILES string of the molecule is CC(=O)OC[C@@]1(C)[C@H](OC(C)=O)C2C(C)C3(CC3)[C@@](C)(O)C3OC3[C@]23C[C@@H]31. The third-order valence-electron chi connectivity index (χ3n) is 9.10. The van der Waals surface area contributed by atoms with Gasteiger partial charge in [-0.05, 0) is 38.0 Å². The minimum atomic E-state index is -0.837. The second kappa shape index (κ2) is 4.88. The molecule has 6 heteroatoms. The lowest BCUT2D eigenvalue weighted by molar-refractivity contribution is -0.168. The van der Waals surface area contributed by atoms with Crippen LogP contribution >= 0.6 is 0 Å². The molecule has 2 spiro atoms. The summed E-state index contributed by atoms with van der Waals surface area (Å²) in [4.78, 5) is 23.5. The highest BCUT2D eigenvalue weighted by atomic mass is 16.6. The Balaban J connectivity index is 1.59. The van der Waals surface area contributed by atoms with Crippen molar-refractivity contribution in [3.05, 3.63) is 0 Å². The van der Waals surface area contributed by atoms with Gasteiger partial charge in [-0.2, -0.15) is 0 Å². The number of epoxide rings is 1. The molecule has 6 nitrogen and oxygen atoms in total. The van der Waals surface area contributed by atoms with E-state index in [1.165, 1.54) is 13.8 Å². The Hall–Kier alpha value is -1.14. The van der Waals surface area contributed by atoms with Crippen LogP contribution in [-0.2, 0) is 23.8 Å². The third-order valence-corrected chi connectivity index (χ3v) is 9.10. The van der Waals surface area contributed by atoms with Crippen LogP contribution in [0.5, 0.6) is 0 Å². The maximum Gasteiger partial charge on any atom is 0.302 e. The lowest BCUT2D eigenvalue weighted by atomic mass is 9.67. The largest absolute Gasteiger partial charge is 0.465 e. The van der Waals surface area contributed by atoms with E-state index in [0.717, 1.165) is 19.3 Å². The van der Waals surface area contributed by atoms with Crippen LogP contribution in [0.15, 0.2) is 0 Å². The molecule has 27 heavy (non-hydrogen) atoms. The molecule has 0 radical (unpaired) electrons. The minimum Gasteiger partial charge on any atom is -0.465 e. The van der Waals surface area contributed by atoms with E-state index in [-0.39, 0.29) is 65.4 Å². The Morgan fingerprint density at radius 2 is 1.81 bits per heavy atom. The van der Waals surface area contributed by atoms with E-state index in [1.807, 2.05) is 6.92 Å². The zero-order chi connectivity index (χ0) is 19.6. The molecule has 4 unspecified atom stereocenters. The van der Waals surface area contributed by atoms with Crippen LogP contribution in [-0.4, -0.2) is 47.6 Å². The summed E-state index contributed by atoms with van der Waals surface area (Å²) in [6.45, 7) is 9.38. The molecule has 0 bridgehead atoms. The summed E-state index contributed by atoms with van der Waals surface area (Å²) < 4.78 is 17.5. The Morgan fingerprint density at radius 1 is 1.15 bits per heavy atom. The molecule has 0 amide bonds. The van der Waals surface area contributed by atoms with Gasteiger partial charge in [-0.25, -0.2) is 0 Å². The molecule has 1 heterocycles. The first kappa shape index (κ1) is 17.9. The summed E-state index contributed by atoms with van der Waals surface area (Å²) in [6, 6.07) is 0. The first-order chi connectivity index (χ1) is 12.5. The van der Waals surface area contributed by atoms with E-state index < -0.39 is 11.0 Å².